The van der Waals surface area contributed by atoms with Gasteiger partial charge in [0, 0.05) is 5.69 Å². The SMILES string of the molecule is CCc1ccc2oc(COc3ccc(N)cc3)nc2c1. The van der Waals surface area contributed by atoms with Crippen molar-refractivity contribution in [2.75, 3.05) is 5.73 Å². The van der Waals surface area contributed by atoms with Crippen LogP contribution in [-0.4, -0.2) is 4.98 Å². The maximum atomic E-state index is 5.65. The summed E-state index contributed by atoms with van der Waals surface area (Å²) in [6, 6.07) is 13.3. The van der Waals surface area contributed by atoms with Crippen LogP contribution in [0.4, 0.5) is 5.69 Å². The topological polar surface area (TPSA) is 61.3 Å². The number of aryl methyl sites for hydroxylation is 1. The zero-order valence-electron chi connectivity index (χ0n) is 11.3. The summed E-state index contributed by atoms with van der Waals surface area (Å²) in [5.41, 5.74) is 9.25. The normalized spacial score (nSPS) is 10.8. The first-order chi connectivity index (χ1) is 9.74. The monoisotopic (exact) mass is 268 g/mol. The molecule has 20 heavy (non-hydrogen) atoms. The summed E-state index contributed by atoms with van der Waals surface area (Å²) in [4.78, 5) is 4.44. The van der Waals surface area contributed by atoms with Gasteiger partial charge in [0.1, 0.15) is 11.3 Å². The standard InChI is InChI=1S/C16H16N2O2/c1-2-11-3-8-15-14(9-11)18-16(20-15)10-19-13-6-4-12(17)5-7-13/h3-9H,2,10,17H2,1H3. The summed E-state index contributed by atoms with van der Waals surface area (Å²) in [6.45, 7) is 2.42. The van der Waals surface area contributed by atoms with Crippen LogP contribution in [0.2, 0.25) is 0 Å². The molecule has 0 unspecified atom stereocenters. The molecule has 3 aromatic rings. The van der Waals surface area contributed by atoms with Crippen LogP contribution in [0, 0.1) is 0 Å². The minimum atomic E-state index is 0.306. The van der Waals surface area contributed by atoms with Crippen molar-refractivity contribution in [2.45, 2.75) is 20.0 Å². The molecule has 1 heterocycles. The van der Waals surface area contributed by atoms with E-state index in [1.54, 1.807) is 12.1 Å². The third kappa shape index (κ3) is 2.59. The average molecular weight is 268 g/mol. The highest BCUT2D eigenvalue weighted by atomic mass is 16.5. The number of hydrogen-bond donors (Lipinski definition) is 1. The second-order valence-corrected chi connectivity index (χ2v) is 4.62. The molecule has 0 saturated heterocycles. The van der Waals surface area contributed by atoms with E-state index in [4.69, 9.17) is 14.9 Å². The number of nitrogens with zero attached hydrogens (tertiary/aromatic N) is 1. The largest absolute Gasteiger partial charge is 0.484 e. The maximum Gasteiger partial charge on any atom is 0.233 e. The molecular formula is C16H16N2O2. The lowest BCUT2D eigenvalue weighted by molar-refractivity contribution is 0.267. The van der Waals surface area contributed by atoms with Gasteiger partial charge in [-0.3, -0.25) is 0 Å². The molecule has 0 fully saturated rings. The Kier molecular flexibility index (Phi) is 3.29. The van der Waals surface area contributed by atoms with Crippen molar-refractivity contribution in [3.63, 3.8) is 0 Å². The Morgan fingerprint density at radius 3 is 2.70 bits per heavy atom. The van der Waals surface area contributed by atoms with Gasteiger partial charge in [0.15, 0.2) is 12.2 Å². The van der Waals surface area contributed by atoms with Gasteiger partial charge in [-0.2, -0.15) is 0 Å². The molecule has 3 rings (SSSR count). The van der Waals surface area contributed by atoms with Gasteiger partial charge >= 0.3 is 0 Å². The second kappa shape index (κ2) is 5.25. The number of ether oxygens (including phenoxy) is 1. The number of hydrogen-bond acceptors (Lipinski definition) is 4. The van der Waals surface area contributed by atoms with Crippen molar-refractivity contribution in [3.8, 4) is 5.75 Å². The lowest BCUT2D eigenvalue weighted by Gasteiger charge is -2.02. The van der Waals surface area contributed by atoms with Gasteiger partial charge in [0.2, 0.25) is 5.89 Å². The van der Waals surface area contributed by atoms with Crippen molar-refractivity contribution in [2.24, 2.45) is 0 Å². The van der Waals surface area contributed by atoms with Crippen LogP contribution in [-0.2, 0) is 13.0 Å². The van der Waals surface area contributed by atoms with Crippen molar-refractivity contribution in [1.82, 2.24) is 4.98 Å². The molecule has 4 nitrogen and oxygen atoms in total. The second-order valence-electron chi connectivity index (χ2n) is 4.62. The highest BCUT2D eigenvalue weighted by Crippen LogP contribution is 2.19. The Morgan fingerprint density at radius 2 is 1.95 bits per heavy atom. The summed E-state index contributed by atoms with van der Waals surface area (Å²) in [6.07, 6.45) is 0.986. The molecule has 2 aromatic carbocycles. The number of anilines is 1. The number of rotatable bonds is 4. The molecule has 0 aliphatic rings. The van der Waals surface area contributed by atoms with Crippen molar-refractivity contribution >= 4 is 16.8 Å². The molecule has 4 heteroatoms. The Hall–Kier alpha value is -2.49. The third-order valence-corrected chi connectivity index (χ3v) is 3.15. The van der Waals surface area contributed by atoms with E-state index in [-0.39, 0.29) is 0 Å². The van der Waals surface area contributed by atoms with Crippen molar-refractivity contribution in [1.29, 1.82) is 0 Å². The fourth-order valence-electron chi connectivity index (χ4n) is 2.01. The van der Waals surface area contributed by atoms with Crippen LogP contribution in [0.3, 0.4) is 0 Å². The Balaban J connectivity index is 1.75. The van der Waals surface area contributed by atoms with E-state index in [9.17, 15) is 0 Å². The lowest BCUT2D eigenvalue weighted by Crippen LogP contribution is -1.95. The number of oxazole rings is 1. The number of aromatic nitrogens is 1. The fraction of sp³-hybridized carbons (Fsp3) is 0.188. The van der Waals surface area contributed by atoms with Gasteiger partial charge in [0.25, 0.3) is 0 Å². The molecule has 0 spiro atoms. The zero-order chi connectivity index (χ0) is 13.9. The molecule has 0 amide bonds. The van der Waals surface area contributed by atoms with Crippen LogP contribution in [0.15, 0.2) is 46.9 Å². The smallest absolute Gasteiger partial charge is 0.233 e. The molecule has 0 radical (unpaired) electrons. The number of benzene rings is 2. The molecule has 1 aromatic heterocycles. The molecule has 0 aliphatic heterocycles. The Labute approximate surface area is 117 Å². The fourth-order valence-corrected chi connectivity index (χ4v) is 2.01. The van der Waals surface area contributed by atoms with Gasteiger partial charge in [-0.25, -0.2) is 4.98 Å². The van der Waals surface area contributed by atoms with Gasteiger partial charge in [-0.15, -0.1) is 0 Å². The van der Waals surface area contributed by atoms with Crippen LogP contribution in [0.1, 0.15) is 18.4 Å². The van der Waals surface area contributed by atoms with E-state index in [1.807, 2.05) is 24.3 Å². The van der Waals surface area contributed by atoms with E-state index < -0.39 is 0 Å². The highest BCUT2D eigenvalue weighted by Gasteiger charge is 2.07. The maximum absolute atomic E-state index is 5.65. The molecule has 0 saturated carbocycles. The molecule has 2 N–H and O–H groups in total. The van der Waals surface area contributed by atoms with Crippen molar-refractivity contribution < 1.29 is 9.15 Å². The molecule has 0 aliphatic carbocycles. The number of fused-ring (bicyclic) bond motifs is 1. The van der Waals surface area contributed by atoms with E-state index in [0.717, 1.165) is 23.3 Å². The molecule has 0 bridgehead atoms. The van der Waals surface area contributed by atoms with Crippen LogP contribution < -0.4 is 10.5 Å². The van der Waals surface area contributed by atoms with E-state index in [2.05, 4.69) is 18.0 Å². The summed E-state index contributed by atoms with van der Waals surface area (Å²) < 4.78 is 11.3. The van der Waals surface area contributed by atoms with E-state index in [0.29, 0.717) is 18.2 Å². The molecule has 0 atom stereocenters. The lowest BCUT2D eigenvalue weighted by atomic mass is 10.1. The summed E-state index contributed by atoms with van der Waals surface area (Å²) in [5, 5.41) is 0. The van der Waals surface area contributed by atoms with Gasteiger partial charge < -0.3 is 14.9 Å². The van der Waals surface area contributed by atoms with E-state index in [1.165, 1.54) is 5.56 Å². The van der Waals surface area contributed by atoms with Crippen LogP contribution in [0.5, 0.6) is 5.75 Å². The summed E-state index contributed by atoms with van der Waals surface area (Å²) >= 11 is 0. The minimum Gasteiger partial charge on any atom is -0.484 e. The van der Waals surface area contributed by atoms with E-state index >= 15 is 0 Å². The zero-order valence-corrected chi connectivity index (χ0v) is 11.3. The number of nitrogen functional groups attached to an aromatic ring is 1. The van der Waals surface area contributed by atoms with Gasteiger partial charge in [0.05, 0.1) is 0 Å². The summed E-state index contributed by atoms with van der Waals surface area (Å²) in [5.74, 6) is 1.32. The Morgan fingerprint density at radius 1 is 1.15 bits per heavy atom. The predicted octanol–water partition coefficient (Wildman–Crippen LogP) is 3.55. The Bertz CT molecular complexity index is 717. The minimum absolute atomic E-state index is 0.306. The highest BCUT2D eigenvalue weighted by molar-refractivity contribution is 5.73. The first-order valence-corrected chi connectivity index (χ1v) is 6.61. The summed E-state index contributed by atoms with van der Waals surface area (Å²) in [7, 11) is 0. The third-order valence-electron chi connectivity index (χ3n) is 3.15. The predicted molar refractivity (Wildman–Crippen MR) is 78.6 cm³/mol. The van der Waals surface area contributed by atoms with Crippen molar-refractivity contribution in [3.05, 3.63) is 53.9 Å². The number of nitrogens with two attached hydrogens (primary N) is 1. The van der Waals surface area contributed by atoms with Crippen LogP contribution >= 0.6 is 0 Å². The van der Waals surface area contributed by atoms with Gasteiger partial charge in [-0.1, -0.05) is 13.0 Å². The van der Waals surface area contributed by atoms with Gasteiger partial charge in [-0.05, 0) is 48.4 Å². The molecular weight excluding hydrogens is 252 g/mol. The van der Waals surface area contributed by atoms with Crippen LogP contribution in [0.25, 0.3) is 11.1 Å². The first-order valence-electron chi connectivity index (χ1n) is 6.61. The quantitative estimate of drug-likeness (QED) is 0.735. The first kappa shape index (κ1) is 12.5. The molecule has 102 valence electrons. The average Bonchev–Trinajstić information content (AvgIpc) is 2.88.